The fourth-order valence-electron chi connectivity index (χ4n) is 3.45. The second-order valence-electron chi connectivity index (χ2n) is 5.97. The summed E-state index contributed by atoms with van der Waals surface area (Å²) in [4.78, 5) is 19.2. The third-order valence-corrected chi connectivity index (χ3v) is 6.34. The summed E-state index contributed by atoms with van der Waals surface area (Å²) < 4.78 is 2.13. The number of carbonyl (C=O) groups excluding carboxylic acids is 1. The fourth-order valence-corrected chi connectivity index (χ4v) is 4.96. The average Bonchev–Trinajstić information content (AvgIpc) is 3.02. The molecule has 21 heavy (non-hydrogen) atoms. The molecule has 0 spiro atoms. The van der Waals surface area contributed by atoms with Gasteiger partial charge >= 0.3 is 0 Å². The van der Waals surface area contributed by atoms with Crippen molar-refractivity contribution in [2.24, 2.45) is 5.92 Å². The Labute approximate surface area is 135 Å². The number of carbonyl (C=O) groups is 1. The molecule has 4 heterocycles. The van der Waals surface area contributed by atoms with Gasteiger partial charge < -0.3 is 10.2 Å². The first kappa shape index (κ1) is 13.7. The van der Waals surface area contributed by atoms with Gasteiger partial charge in [0, 0.05) is 40.6 Å². The van der Waals surface area contributed by atoms with Crippen molar-refractivity contribution in [2.75, 3.05) is 19.6 Å². The lowest BCUT2D eigenvalue weighted by atomic mass is 9.97. The largest absolute Gasteiger partial charge is 0.347 e. The molecule has 0 saturated carbocycles. The first-order chi connectivity index (χ1) is 10.2. The molecule has 2 bridgehead atoms. The summed E-state index contributed by atoms with van der Waals surface area (Å²) in [5.74, 6) is 0.702. The van der Waals surface area contributed by atoms with Crippen molar-refractivity contribution in [3.63, 3.8) is 0 Å². The predicted molar refractivity (Wildman–Crippen MR) is 87.7 cm³/mol. The van der Waals surface area contributed by atoms with E-state index in [4.69, 9.17) is 0 Å². The van der Waals surface area contributed by atoms with Crippen LogP contribution in [-0.2, 0) is 0 Å². The summed E-state index contributed by atoms with van der Waals surface area (Å²) in [6.45, 7) is 3.37. The van der Waals surface area contributed by atoms with Crippen LogP contribution in [-0.4, -0.2) is 41.5 Å². The molecule has 2 aliphatic rings. The van der Waals surface area contributed by atoms with Crippen molar-refractivity contribution >= 4 is 43.3 Å². The van der Waals surface area contributed by atoms with E-state index < -0.39 is 0 Å². The minimum absolute atomic E-state index is 0.0532. The van der Waals surface area contributed by atoms with Gasteiger partial charge in [0.1, 0.15) is 5.69 Å². The van der Waals surface area contributed by atoms with Crippen LogP contribution >= 0.6 is 27.3 Å². The summed E-state index contributed by atoms with van der Waals surface area (Å²) in [5.41, 5.74) is 0.509. The molecule has 3 atom stereocenters. The van der Waals surface area contributed by atoms with E-state index in [9.17, 15) is 4.79 Å². The second kappa shape index (κ2) is 5.34. The summed E-state index contributed by atoms with van der Waals surface area (Å²) in [6.07, 6.45) is 4.17. The normalized spacial score (nSPS) is 28.0. The fraction of sp³-hybridized carbons (Fsp3) is 0.467. The van der Waals surface area contributed by atoms with Crippen LogP contribution in [0.15, 0.2) is 22.1 Å². The number of pyridine rings is 1. The number of nitrogens with zero attached hydrogens (tertiary/aromatic N) is 2. The van der Waals surface area contributed by atoms with Gasteiger partial charge in [-0.25, -0.2) is 4.98 Å². The molecule has 6 heteroatoms. The topological polar surface area (TPSA) is 45.2 Å². The molecule has 2 saturated heterocycles. The van der Waals surface area contributed by atoms with Gasteiger partial charge in [-0.1, -0.05) is 0 Å². The van der Waals surface area contributed by atoms with Crippen LogP contribution in [0.1, 0.15) is 23.3 Å². The highest BCUT2D eigenvalue weighted by Crippen LogP contribution is 2.30. The average molecular weight is 366 g/mol. The van der Waals surface area contributed by atoms with Gasteiger partial charge in [0.05, 0.1) is 4.70 Å². The number of thiophene rings is 1. The smallest absolute Gasteiger partial charge is 0.270 e. The summed E-state index contributed by atoms with van der Waals surface area (Å²) in [7, 11) is 0. The molecule has 4 rings (SSSR count). The van der Waals surface area contributed by atoms with Crippen molar-refractivity contribution in [3.05, 3.63) is 27.8 Å². The van der Waals surface area contributed by atoms with Crippen LogP contribution in [0.4, 0.5) is 0 Å². The molecule has 2 aromatic heterocycles. The minimum atomic E-state index is -0.0532. The SMILES string of the molecule is O=C(N[C@@H]1C[C@@H]2CCN(C2)C1)c1cc2c(Br)csc2cn1. The predicted octanol–water partition coefficient (Wildman–Crippen LogP) is 2.88. The van der Waals surface area contributed by atoms with E-state index in [0.717, 1.165) is 33.4 Å². The molecule has 0 aromatic carbocycles. The molecule has 0 radical (unpaired) electrons. The van der Waals surface area contributed by atoms with E-state index in [2.05, 4.69) is 31.1 Å². The van der Waals surface area contributed by atoms with Crippen LogP contribution < -0.4 is 5.32 Å². The van der Waals surface area contributed by atoms with Crippen LogP contribution in [0.25, 0.3) is 10.1 Å². The molecule has 2 aliphatic heterocycles. The van der Waals surface area contributed by atoms with Crippen molar-refractivity contribution in [1.29, 1.82) is 0 Å². The number of nitrogens with one attached hydrogen (secondary N) is 1. The maximum Gasteiger partial charge on any atom is 0.270 e. The Kier molecular flexibility index (Phi) is 3.47. The maximum atomic E-state index is 12.4. The van der Waals surface area contributed by atoms with Crippen molar-refractivity contribution in [3.8, 4) is 0 Å². The molecule has 110 valence electrons. The van der Waals surface area contributed by atoms with Crippen LogP contribution in [0.3, 0.4) is 0 Å². The van der Waals surface area contributed by atoms with E-state index in [-0.39, 0.29) is 11.9 Å². The molecular formula is C15H16BrN3OS. The lowest BCUT2D eigenvalue weighted by Gasteiger charge is -2.30. The number of aromatic nitrogens is 1. The number of piperidine rings is 1. The Morgan fingerprint density at radius 1 is 1.48 bits per heavy atom. The number of hydrogen-bond donors (Lipinski definition) is 1. The molecule has 1 unspecified atom stereocenters. The quantitative estimate of drug-likeness (QED) is 0.889. The number of rotatable bonds is 2. The Hall–Kier alpha value is -0.980. The van der Waals surface area contributed by atoms with Crippen LogP contribution in [0, 0.1) is 5.92 Å². The zero-order chi connectivity index (χ0) is 14.4. The maximum absolute atomic E-state index is 12.4. The highest BCUT2D eigenvalue weighted by molar-refractivity contribution is 9.10. The molecule has 1 amide bonds. The lowest BCUT2D eigenvalue weighted by Crippen LogP contribution is -2.47. The van der Waals surface area contributed by atoms with Gasteiger partial charge in [0.25, 0.3) is 5.91 Å². The highest BCUT2D eigenvalue weighted by Gasteiger charge is 2.33. The summed E-state index contributed by atoms with van der Waals surface area (Å²) in [6, 6.07) is 2.14. The third-order valence-electron chi connectivity index (χ3n) is 4.45. The Morgan fingerprint density at radius 3 is 3.24 bits per heavy atom. The van der Waals surface area contributed by atoms with Gasteiger partial charge in [-0.3, -0.25) is 4.79 Å². The van der Waals surface area contributed by atoms with Crippen LogP contribution in [0.2, 0.25) is 0 Å². The number of halogens is 1. The van der Waals surface area contributed by atoms with Gasteiger partial charge in [-0.15, -0.1) is 11.3 Å². The highest BCUT2D eigenvalue weighted by atomic mass is 79.9. The zero-order valence-corrected chi connectivity index (χ0v) is 13.9. The summed E-state index contributed by atoms with van der Waals surface area (Å²) in [5, 5.41) is 6.25. The van der Waals surface area contributed by atoms with Crippen molar-refractivity contribution < 1.29 is 4.79 Å². The number of fused-ring (bicyclic) bond motifs is 3. The number of amides is 1. The van der Waals surface area contributed by atoms with E-state index >= 15 is 0 Å². The zero-order valence-electron chi connectivity index (χ0n) is 11.5. The van der Waals surface area contributed by atoms with Crippen LogP contribution in [0.5, 0.6) is 0 Å². The molecule has 2 aromatic rings. The Balaban J connectivity index is 1.52. The monoisotopic (exact) mass is 365 g/mol. The standard InChI is InChI=1S/C15H16BrN3OS/c16-12-8-21-14-5-17-13(4-11(12)14)15(20)18-10-3-9-1-2-19(6-9)7-10/h4-5,8-10H,1-3,6-7H2,(H,18,20)/t9-,10+/m0/s1. The Morgan fingerprint density at radius 2 is 2.38 bits per heavy atom. The molecule has 2 fully saturated rings. The van der Waals surface area contributed by atoms with E-state index in [1.807, 2.05) is 11.4 Å². The minimum Gasteiger partial charge on any atom is -0.347 e. The molecular weight excluding hydrogens is 350 g/mol. The van der Waals surface area contributed by atoms with Gasteiger partial charge in [0.2, 0.25) is 0 Å². The Bertz CT molecular complexity index is 689. The van der Waals surface area contributed by atoms with E-state index in [1.54, 1.807) is 17.5 Å². The van der Waals surface area contributed by atoms with Crippen molar-refractivity contribution in [1.82, 2.24) is 15.2 Å². The van der Waals surface area contributed by atoms with E-state index in [1.165, 1.54) is 19.5 Å². The molecule has 1 N–H and O–H groups in total. The van der Waals surface area contributed by atoms with Gasteiger partial charge in [0.15, 0.2) is 0 Å². The van der Waals surface area contributed by atoms with Gasteiger partial charge in [-0.05, 0) is 47.3 Å². The molecule has 4 nitrogen and oxygen atoms in total. The second-order valence-corrected chi connectivity index (χ2v) is 7.74. The van der Waals surface area contributed by atoms with E-state index in [0.29, 0.717) is 5.69 Å². The lowest BCUT2D eigenvalue weighted by molar-refractivity contribution is 0.0904. The first-order valence-corrected chi connectivity index (χ1v) is 8.92. The summed E-state index contributed by atoms with van der Waals surface area (Å²) >= 11 is 5.15. The third kappa shape index (κ3) is 2.60. The first-order valence-electron chi connectivity index (χ1n) is 7.25. The number of hydrogen-bond acceptors (Lipinski definition) is 4. The molecule has 0 aliphatic carbocycles. The van der Waals surface area contributed by atoms with Crippen molar-refractivity contribution in [2.45, 2.75) is 18.9 Å². The van der Waals surface area contributed by atoms with Gasteiger partial charge in [-0.2, -0.15) is 0 Å².